The van der Waals surface area contributed by atoms with Gasteiger partial charge in [-0.3, -0.25) is 0 Å². The van der Waals surface area contributed by atoms with Crippen LogP contribution in [0.4, 0.5) is 0 Å². The molecule has 0 aromatic heterocycles. The first-order valence-electron chi connectivity index (χ1n) is 6.98. The Morgan fingerprint density at radius 3 is 2.75 bits per heavy atom. The van der Waals surface area contributed by atoms with Crippen molar-refractivity contribution in [3.05, 3.63) is 62.7 Å². The normalized spacial score (nSPS) is 17.6. The molecule has 1 aliphatic carbocycles. The maximum atomic E-state index is 6.18. The molecule has 2 N–H and O–H groups in total. The van der Waals surface area contributed by atoms with Crippen LogP contribution in [0.2, 0.25) is 0 Å². The number of hydrogen-bond donors (Lipinski definition) is 1. The molecule has 104 valence electrons. The molecular formula is C17H18INO. The molecule has 3 rings (SSSR count). The lowest BCUT2D eigenvalue weighted by Gasteiger charge is -2.22. The van der Waals surface area contributed by atoms with E-state index < -0.39 is 0 Å². The first kappa shape index (κ1) is 13.9. The van der Waals surface area contributed by atoms with Crippen molar-refractivity contribution < 1.29 is 4.74 Å². The highest BCUT2D eigenvalue weighted by Gasteiger charge is 2.17. The first-order chi connectivity index (χ1) is 9.72. The van der Waals surface area contributed by atoms with Gasteiger partial charge in [-0.1, -0.05) is 18.2 Å². The molecule has 0 amide bonds. The van der Waals surface area contributed by atoms with E-state index in [1.165, 1.54) is 26.7 Å². The molecule has 0 saturated carbocycles. The van der Waals surface area contributed by atoms with Crippen molar-refractivity contribution in [1.29, 1.82) is 0 Å². The van der Waals surface area contributed by atoms with Crippen LogP contribution < -0.4 is 10.5 Å². The van der Waals surface area contributed by atoms with Gasteiger partial charge < -0.3 is 10.5 Å². The molecule has 2 aromatic carbocycles. The standard InChI is InChI=1S/C17H18INO/c18-14-7-4-12(5-8-14)11-20-15-9-6-13-2-1-3-17(19)16(13)10-15/h4-10,17H,1-3,11,19H2. The van der Waals surface area contributed by atoms with E-state index in [-0.39, 0.29) is 6.04 Å². The Bertz CT molecular complexity index is 594. The van der Waals surface area contributed by atoms with E-state index in [4.69, 9.17) is 10.5 Å². The summed E-state index contributed by atoms with van der Waals surface area (Å²) in [6.45, 7) is 0.602. The van der Waals surface area contributed by atoms with E-state index in [2.05, 4.69) is 65.1 Å². The van der Waals surface area contributed by atoms with E-state index in [1.807, 2.05) is 0 Å². The quantitative estimate of drug-likeness (QED) is 0.812. The summed E-state index contributed by atoms with van der Waals surface area (Å²) in [5, 5.41) is 0. The third-order valence-corrected chi connectivity index (χ3v) is 4.52. The lowest BCUT2D eigenvalue weighted by atomic mass is 9.88. The molecular weight excluding hydrogens is 361 g/mol. The highest BCUT2D eigenvalue weighted by Crippen LogP contribution is 2.31. The molecule has 1 atom stereocenters. The molecule has 0 radical (unpaired) electrons. The number of halogens is 1. The monoisotopic (exact) mass is 379 g/mol. The fourth-order valence-electron chi connectivity index (χ4n) is 2.65. The van der Waals surface area contributed by atoms with E-state index >= 15 is 0 Å². The van der Waals surface area contributed by atoms with Gasteiger partial charge in [0.05, 0.1) is 0 Å². The van der Waals surface area contributed by atoms with Crippen LogP contribution in [0.1, 0.15) is 35.6 Å². The average molecular weight is 379 g/mol. The van der Waals surface area contributed by atoms with E-state index in [1.54, 1.807) is 0 Å². The third-order valence-electron chi connectivity index (χ3n) is 3.80. The minimum atomic E-state index is 0.167. The zero-order valence-electron chi connectivity index (χ0n) is 11.3. The van der Waals surface area contributed by atoms with Crippen LogP contribution in [0.15, 0.2) is 42.5 Å². The van der Waals surface area contributed by atoms with Crippen LogP contribution in [0.5, 0.6) is 5.75 Å². The molecule has 0 saturated heterocycles. The molecule has 0 spiro atoms. The van der Waals surface area contributed by atoms with Crippen molar-refractivity contribution in [2.45, 2.75) is 31.9 Å². The zero-order valence-corrected chi connectivity index (χ0v) is 13.5. The van der Waals surface area contributed by atoms with Gasteiger partial charge in [0.25, 0.3) is 0 Å². The second-order valence-electron chi connectivity index (χ2n) is 5.27. The zero-order chi connectivity index (χ0) is 13.9. The minimum Gasteiger partial charge on any atom is -0.489 e. The molecule has 3 heteroatoms. The first-order valence-corrected chi connectivity index (χ1v) is 8.06. The van der Waals surface area contributed by atoms with Crippen LogP contribution in [0.3, 0.4) is 0 Å². The Morgan fingerprint density at radius 1 is 1.15 bits per heavy atom. The molecule has 0 fully saturated rings. The minimum absolute atomic E-state index is 0.167. The van der Waals surface area contributed by atoms with Gasteiger partial charge >= 0.3 is 0 Å². The van der Waals surface area contributed by atoms with E-state index in [0.29, 0.717) is 6.61 Å². The largest absolute Gasteiger partial charge is 0.489 e. The molecule has 0 aliphatic heterocycles. The summed E-state index contributed by atoms with van der Waals surface area (Å²) in [6, 6.07) is 14.9. The summed E-state index contributed by atoms with van der Waals surface area (Å²) in [4.78, 5) is 0. The molecule has 1 unspecified atom stereocenters. The number of benzene rings is 2. The lowest BCUT2D eigenvalue weighted by Crippen LogP contribution is -2.17. The number of hydrogen-bond acceptors (Lipinski definition) is 2. The van der Waals surface area contributed by atoms with E-state index in [9.17, 15) is 0 Å². The Balaban J connectivity index is 1.72. The summed E-state index contributed by atoms with van der Waals surface area (Å²) in [5.41, 5.74) is 10.0. The van der Waals surface area contributed by atoms with Crippen LogP contribution in [0.25, 0.3) is 0 Å². The third kappa shape index (κ3) is 3.15. The number of ether oxygens (including phenoxy) is 1. The lowest BCUT2D eigenvalue weighted by molar-refractivity contribution is 0.305. The maximum absolute atomic E-state index is 6.18. The second-order valence-corrected chi connectivity index (χ2v) is 6.52. The Morgan fingerprint density at radius 2 is 1.95 bits per heavy atom. The highest BCUT2D eigenvalue weighted by molar-refractivity contribution is 14.1. The summed E-state index contributed by atoms with van der Waals surface area (Å²) < 4.78 is 7.13. The molecule has 2 aromatic rings. The summed E-state index contributed by atoms with van der Waals surface area (Å²) in [7, 11) is 0. The molecule has 1 aliphatic rings. The van der Waals surface area contributed by atoms with Gasteiger partial charge in [0, 0.05) is 9.61 Å². The predicted octanol–water partition coefficient (Wildman–Crippen LogP) is 4.21. The fourth-order valence-corrected chi connectivity index (χ4v) is 3.01. The molecule has 0 bridgehead atoms. The second kappa shape index (κ2) is 6.14. The van der Waals surface area contributed by atoms with Gasteiger partial charge in [0.15, 0.2) is 0 Å². The van der Waals surface area contributed by atoms with Crippen LogP contribution in [0, 0.1) is 3.57 Å². The summed E-state index contributed by atoms with van der Waals surface area (Å²) in [6.07, 6.45) is 3.41. The molecule has 20 heavy (non-hydrogen) atoms. The van der Waals surface area contributed by atoms with Crippen molar-refractivity contribution in [2.75, 3.05) is 0 Å². The molecule has 0 heterocycles. The number of fused-ring (bicyclic) bond motifs is 1. The van der Waals surface area contributed by atoms with Crippen molar-refractivity contribution in [3.63, 3.8) is 0 Å². The average Bonchev–Trinajstić information content (AvgIpc) is 2.47. The van der Waals surface area contributed by atoms with Gasteiger partial charge in [0.1, 0.15) is 12.4 Å². The number of aryl methyl sites for hydroxylation is 1. The number of rotatable bonds is 3. The maximum Gasteiger partial charge on any atom is 0.120 e. The Hall–Kier alpha value is -1.07. The van der Waals surface area contributed by atoms with Crippen molar-refractivity contribution >= 4 is 22.6 Å². The SMILES string of the molecule is NC1CCCc2ccc(OCc3ccc(I)cc3)cc21. The molecule has 2 nitrogen and oxygen atoms in total. The van der Waals surface area contributed by atoms with E-state index in [0.717, 1.165) is 18.6 Å². The van der Waals surface area contributed by atoms with Gasteiger partial charge in [-0.25, -0.2) is 0 Å². The van der Waals surface area contributed by atoms with Gasteiger partial charge in [-0.2, -0.15) is 0 Å². The summed E-state index contributed by atoms with van der Waals surface area (Å²) in [5.74, 6) is 0.916. The Kier molecular flexibility index (Phi) is 4.27. The van der Waals surface area contributed by atoms with Crippen molar-refractivity contribution in [2.24, 2.45) is 5.73 Å². The smallest absolute Gasteiger partial charge is 0.120 e. The predicted molar refractivity (Wildman–Crippen MR) is 89.8 cm³/mol. The van der Waals surface area contributed by atoms with Crippen LogP contribution in [-0.2, 0) is 13.0 Å². The number of nitrogens with two attached hydrogens (primary N) is 1. The van der Waals surface area contributed by atoms with Crippen molar-refractivity contribution in [3.8, 4) is 5.75 Å². The van der Waals surface area contributed by atoms with Gasteiger partial charge in [-0.15, -0.1) is 0 Å². The van der Waals surface area contributed by atoms with Gasteiger partial charge in [-0.05, 0) is 82.8 Å². The van der Waals surface area contributed by atoms with Crippen molar-refractivity contribution in [1.82, 2.24) is 0 Å². The Labute approximate surface area is 133 Å². The fraction of sp³-hybridized carbons (Fsp3) is 0.294. The van der Waals surface area contributed by atoms with Crippen LogP contribution in [-0.4, -0.2) is 0 Å². The summed E-state index contributed by atoms with van der Waals surface area (Å²) >= 11 is 2.31. The topological polar surface area (TPSA) is 35.2 Å². The van der Waals surface area contributed by atoms with Gasteiger partial charge in [0.2, 0.25) is 0 Å². The van der Waals surface area contributed by atoms with Crippen LogP contribution >= 0.6 is 22.6 Å². The highest BCUT2D eigenvalue weighted by atomic mass is 127.